The Kier molecular flexibility index (Phi) is 2.90. The summed E-state index contributed by atoms with van der Waals surface area (Å²) in [6.07, 6.45) is 1.72. The Morgan fingerprint density at radius 3 is 2.67 bits per heavy atom. The van der Waals surface area contributed by atoms with Crippen LogP contribution in [0.3, 0.4) is 0 Å². The van der Waals surface area contributed by atoms with E-state index in [9.17, 15) is 8.42 Å². The fraction of sp³-hybridized carbons (Fsp3) is 0.750. The number of hydrogen-bond donors (Lipinski definition) is 1. The van der Waals surface area contributed by atoms with Gasteiger partial charge in [0.25, 0.3) is 0 Å². The highest BCUT2D eigenvalue weighted by Gasteiger charge is 2.20. The first-order chi connectivity index (χ1) is 5.49. The van der Waals surface area contributed by atoms with Gasteiger partial charge in [-0.3, -0.25) is 0 Å². The highest BCUT2D eigenvalue weighted by molar-refractivity contribution is 7.94. The molecule has 4 heteroatoms. The van der Waals surface area contributed by atoms with E-state index in [1.54, 1.807) is 6.08 Å². The monoisotopic (exact) mass is 189 g/mol. The zero-order chi connectivity index (χ0) is 9.19. The summed E-state index contributed by atoms with van der Waals surface area (Å²) in [5.41, 5.74) is 0. The molecule has 0 aromatic carbocycles. The minimum Gasteiger partial charge on any atom is -0.309 e. The average Bonchev–Trinajstić information content (AvgIpc) is 2.26. The minimum absolute atomic E-state index is 0.0254. The Bertz CT molecular complexity index is 267. The normalized spacial score (nSPS) is 26.8. The van der Waals surface area contributed by atoms with Gasteiger partial charge >= 0.3 is 0 Å². The first-order valence-electron chi connectivity index (χ1n) is 4.14. The van der Waals surface area contributed by atoms with Crippen LogP contribution in [0.15, 0.2) is 11.5 Å². The summed E-state index contributed by atoms with van der Waals surface area (Å²) >= 11 is 0. The second-order valence-corrected chi connectivity index (χ2v) is 5.50. The Morgan fingerprint density at radius 2 is 2.25 bits per heavy atom. The van der Waals surface area contributed by atoms with E-state index in [1.165, 1.54) is 5.41 Å². The molecule has 1 unspecified atom stereocenters. The van der Waals surface area contributed by atoms with Crippen LogP contribution in [0.25, 0.3) is 0 Å². The fourth-order valence-electron chi connectivity index (χ4n) is 1.09. The van der Waals surface area contributed by atoms with E-state index in [0.29, 0.717) is 5.92 Å². The first-order valence-corrected chi connectivity index (χ1v) is 5.85. The van der Waals surface area contributed by atoms with Crippen LogP contribution in [-0.2, 0) is 9.84 Å². The number of nitrogens with one attached hydrogen (secondary N) is 1. The molecule has 1 heterocycles. The molecular formula is C8H15NO2S. The van der Waals surface area contributed by atoms with Crippen LogP contribution in [0.5, 0.6) is 0 Å². The Morgan fingerprint density at radius 1 is 1.58 bits per heavy atom. The van der Waals surface area contributed by atoms with Gasteiger partial charge in [0.1, 0.15) is 0 Å². The van der Waals surface area contributed by atoms with Crippen molar-refractivity contribution >= 4 is 9.84 Å². The summed E-state index contributed by atoms with van der Waals surface area (Å²) in [6.45, 7) is 5.06. The predicted molar refractivity (Wildman–Crippen MR) is 49.6 cm³/mol. The Labute approximate surface area is 73.8 Å². The lowest BCUT2D eigenvalue weighted by atomic mass is 10.2. The molecule has 0 aliphatic carbocycles. The van der Waals surface area contributed by atoms with Gasteiger partial charge < -0.3 is 5.32 Å². The van der Waals surface area contributed by atoms with Crippen molar-refractivity contribution in [1.29, 1.82) is 0 Å². The van der Waals surface area contributed by atoms with Gasteiger partial charge in [-0.1, -0.05) is 19.9 Å². The maximum atomic E-state index is 11.0. The van der Waals surface area contributed by atoms with E-state index >= 15 is 0 Å². The second-order valence-electron chi connectivity index (χ2n) is 3.57. The van der Waals surface area contributed by atoms with Crippen molar-refractivity contribution in [1.82, 2.24) is 5.32 Å². The molecule has 1 aliphatic rings. The molecule has 3 nitrogen and oxygen atoms in total. The van der Waals surface area contributed by atoms with Crippen LogP contribution in [0.1, 0.15) is 13.8 Å². The van der Waals surface area contributed by atoms with Crippen LogP contribution < -0.4 is 5.32 Å². The molecule has 70 valence electrons. The predicted octanol–water partition coefficient (Wildman–Crippen LogP) is 0.543. The molecular weight excluding hydrogens is 174 g/mol. The quantitative estimate of drug-likeness (QED) is 0.705. The number of sulfone groups is 1. The van der Waals surface area contributed by atoms with E-state index in [2.05, 4.69) is 19.2 Å². The molecule has 0 saturated heterocycles. The van der Waals surface area contributed by atoms with Crippen LogP contribution in [0.2, 0.25) is 0 Å². The maximum Gasteiger partial charge on any atom is 0.173 e. The maximum absolute atomic E-state index is 11.0. The molecule has 1 aliphatic heterocycles. The third kappa shape index (κ3) is 2.95. The zero-order valence-electron chi connectivity index (χ0n) is 7.45. The SMILES string of the molecule is CC(C)CNC1C=CS(=O)(=O)C1. The van der Waals surface area contributed by atoms with Gasteiger partial charge in [0.05, 0.1) is 5.75 Å². The second kappa shape index (κ2) is 3.58. The third-order valence-corrected chi connectivity index (χ3v) is 3.11. The van der Waals surface area contributed by atoms with Gasteiger partial charge in [0.15, 0.2) is 9.84 Å². The molecule has 0 bridgehead atoms. The Balaban J connectivity index is 2.35. The van der Waals surface area contributed by atoms with Crippen molar-refractivity contribution in [3.63, 3.8) is 0 Å². The van der Waals surface area contributed by atoms with Crippen molar-refractivity contribution < 1.29 is 8.42 Å². The zero-order valence-corrected chi connectivity index (χ0v) is 8.26. The molecule has 1 atom stereocenters. The topological polar surface area (TPSA) is 46.2 Å². The summed E-state index contributed by atoms with van der Waals surface area (Å²) < 4.78 is 21.9. The van der Waals surface area contributed by atoms with Crippen molar-refractivity contribution in [3.8, 4) is 0 Å². The van der Waals surface area contributed by atoms with Gasteiger partial charge in [-0.15, -0.1) is 0 Å². The lowest BCUT2D eigenvalue weighted by Gasteiger charge is -2.11. The van der Waals surface area contributed by atoms with Crippen LogP contribution in [0, 0.1) is 5.92 Å². The smallest absolute Gasteiger partial charge is 0.173 e. The van der Waals surface area contributed by atoms with Gasteiger partial charge in [-0.05, 0) is 12.5 Å². The first kappa shape index (κ1) is 9.74. The molecule has 0 aromatic heterocycles. The summed E-state index contributed by atoms with van der Waals surface area (Å²) in [7, 11) is -2.89. The van der Waals surface area contributed by atoms with Crippen molar-refractivity contribution in [2.75, 3.05) is 12.3 Å². The van der Waals surface area contributed by atoms with Crippen molar-refractivity contribution in [3.05, 3.63) is 11.5 Å². The summed E-state index contributed by atoms with van der Waals surface area (Å²) in [5.74, 6) is 0.779. The molecule has 0 aromatic rings. The highest BCUT2D eigenvalue weighted by atomic mass is 32.2. The molecule has 0 fully saturated rings. The van der Waals surface area contributed by atoms with Crippen LogP contribution in [-0.4, -0.2) is 26.8 Å². The fourth-order valence-corrected chi connectivity index (χ4v) is 2.36. The summed E-state index contributed by atoms with van der Waals surface area (Å²) in [6, 6.07) is 0.0254. The third-order valence-electron chi connectivity index (χ3n) is 1.72. The summed E-state index contributed by atoms with van der Waals surface area (Å²) in [4.78, 5) is 0. The van der Waals surface area contributed by atoms with Gasteiger partial charge in [-0.25, -0.2) is 8.42 Å². The highest BCUT2D eigenvalue weighted by Crippen LogP contribution is 2.07. The number of rotatable bonds is 3. The van der Waals surface area contributed by atoms with E-state index in [0.717, 1.165) is 6.54 Å². The number of hydrogen-bond acceptors (Lipinski definition) is 3. The molecule has 0 radical (unpaired) electrons. The van der Waals surface area contributed by atoms with Crippen molar-refractivity contribution in [2.24, 2.45) is 5.92 Å². The molecule has 0 saturated carbocycles. The van der Waals surface area contributed by atoms with E-state index < -0.39 is 9.84 Å². The molecule has 0 amide bonds. The van der Waals surface area contributed by atoms with Gasteiger partial charge in [0, 0.05) is 11.4 Å². The van der Waals surface area contributed by atoms with E-state index in [1.807, 2.05) is 0 Å². The van der Waals surface area contributed by atoms with Gasteiger partial charge in [-0.2, -0.15) is 0 Å². The van der Waals surface area contributed by atoms with E-state index in [4.69, 9.17) is 0 Å². The molecule has 1 rings (SSSR count). The van der Waals surface area contributed by atoms with Crippen LogP contribution >= 0.6 is 0 Å². The molecule has 12 heavy (non-hydrogen) atoms. The minimum atomic E-state index is -2.89. The lowest BCUT2D eigenvalue weighted by Crippen LogP contribution is -2.32. The lowest BCUT2D eigenvalue weighted by molar-refractivity contribution is 0.527. The molecule has 1 N–H and O–H groups in total. The standard InChI is InChI=1S/C8H15NO2S/c1-7(2)5-9-8-3-4-12(10,11)6-8/h3-4,7-9H,5-6H2,1-2H3. The largest absolute Gasteiger partial charge is 0.309 e. The van der Waals surface area contributed by atoms with Crippen molar-refractivity contribution in [2.45, 2.75) is 19.9 Å². The molecule has 0 spiro atoms. The van der Waals surface area contributed by atoms with Crippen LogP contribution in [0.4, 0.5) is 0 Å². The van der Waals surface area contributed by atoms with E-state index in [-0.39, 0.29) is 11.8 Å². The average molecular weight is 189 g/mol. The summed E-state index contributed by atoms with van der Waals surface area (Å²) in [5, 5.41) is 4.47. The van der Waals surface area contributed by atoms with Gasteiger partial charge in [0.2, 0.25) is 0 Å². The Hall–Kier alpha value is -0.350.